The first-order valence-corrected chi connectivity index (χ1v) is 8.76. The van der Waals surface area contributed by atoms with Crippen LogP contribution < -0.4 is 5.32 Å². The molecule has 5 rings (SSSR count). The first-order valence-electron chi connectivity index (χ1n) is 8.01. The van der Waals surface area contributed by atoms with Crippen LogP contribution in [0.1, 0.15) is 5.56 Å². The van der Waals surface area contributed by atoms with Gasteiger partial charge in [0.25, 0.3) is 0 Å². The maximum absolute atomic E-state index is 6.39. The first-order chi connectivity index (χ1) is 12.2. The summed E-state index contributed by atoms with van der Waals surface area (Å²) in [7, 11) is 0. The van der Waals surface area contributed by atoms with Gasteiger partial charge in [-0.25, -0.2) is 4.68 Å². The van der Waals surface area contributed by atoms with Crippen LogP contribution in [0.2, 0.25) is 10.0 Å². The Morgan fingerprint density at radius 3 is 2.80 bits per heavy atom. The van der Waals surface area contributed by atoms with E-state index in [0.29, 0.717) is 10.0 Å². The second kappa shape index (κ2) is 5.55. The number of halogens is 2. The fourth-order valence-corrected chi connectivity index (χ4v) is 3.79. The van der Waals surface area contributed by atoms with Gasteiger partial charge in [-0.3, -0.25) is 0 Å². The van der Waals surface area contributed by atoms with Crippen molar-refractivity contribution in [3.63, 3.8) is 0 Å². The van der Waals surface area contributed by atoms with Crippen molar-refractivity contribution in [1.29, 1.82) is 0 Å². The van der Waals surface area contributed by atoms with Crippen molar-refractivity contribution in [1.82, 2.24) is 9.78 Å². The van der Waals surface area contributed by atoms with Crippen LogP contribution in [0, 0.1) is 0 Å². The van der Waals surface area contributed by atoms with Crippen molar-refractivity contribution < 1.29 is 4.42 Å². The van der Waals surface area contributed by atoms with E-state index < -0.39 is 0 Å². The van der Waals surface area contributed by atoms with Crippen LogP contribution >= 0.6 is 23.2 Å². The minimum Gasteiger partial charge on any atom is -0.454 e. The quantitative estimate of drug-likeness (QED) is 0.502. The molecule has 0 saturated carbocycles. The molecule has 4 nitrogen and oxygen atoms in total. The molecular weight excluding hydrogens is 357 g/mol. The smallest absolute Gasteiger partial charge is 0.156 e. The number of nitrogens with one attached hydrogen (secondary N) is 1. The highest BCUT2D eigenvalue weighted by Gasteiger charge is 2.26. The molecule has 0 fully saturated rings. The van der Waals surface area contributed by atoms with Crippen molar-refractivity contribution in [3.8, 4) is 17.1 Å². The average Bonchev–Trinajstić information content (AvgIpc) is 3.29. The van der Waals surface area contributed by atoms with E-state index in [-0.39, 0.29) is 0 Å². The van der Waals surface area contributed by atoms with Gasteiger partial charge in [-0.2, -0.15) is 5.10 Å². The fourth-order valence-electron chi connectivity index (χ4n) is 3.30. The van der Waals surface area contributed by atoms with Crippen molar-refractivity contribution in [2.45, 2.75) is 6.42 Å². The topological polar surface area (TPSA) is 43.0 Å². The number of nitrogens with zero attached hydrogens (tertiary/aromatic N) is 2. The van der Waals surface area contributed by atoms with Gasteiger partial charge in [0.1, 0.15) is 17.1 Å². The van der Waals surface area contributed by atoms with Gasteiger partial charge in [0.15, 0.2) is 5.76 Å². The van der Waals surface area contributed by atoms with Crippen LogP contribution in [0.25, 0.3) is 28.1 Å². The Balaban J connectivity index is 1.71. The highest BCUT2D eigenvalue weighted by Crippen LogP contribution is 2.38. The third kappa shape index (κ3) is 2.33. The van der Waals surface area contributed by atoms with Crippen molar-refractivity contribution in [3.05, 3.63) is 64.1 Å². The van der Waals surface area contributed by atoms with Crippen molar-refractivity contribution in [2.75, 3.05) is 11.9 Å². The minimum atomic E-state index is 0.558. The van der Waals surface area contributed by atoms with Crippen LogP contribution in [-0.4, -0.2) is 16.3 Å². The molecule has 0 amide bonds. The van der Waals surface area contributed by atoms with Gasteiger partial charge in [0.2, 0.25) is 0 Å². The van der Waals surface area contributed by atoms with E-state index in [2.05, 4.69) is 5.32 Å². The molecular formula is C19H13Cl2N3O. The molecule has 6 heteroatoms. The molecule has 1 N–H and O–H groups in total. The Bertz CT molecular complexity index is 1080. The predicted molar refractivity (Wildman–Crippen MR) is 101 cm³/mol. The molecule has 1 aliphatic rings. The summed E-state index contributed by atoms with van der Waals surface area (Å²) in [5.74, 6) is 1.73. The van der Waals surface area contributed by atoms with Gasteiger partial charge in [-0.1, -0.05) is 41.4 Å². The molecule has 0 saturated heterocycles. The fraction of sp³-hybridized carbons (Fsp3) is 0.105. The lowest BCUT2D eigenvalue weighted by molar-refractivity contribution is 0.626. The molecule has 2 aromatic heterocycles. The number of furan rings is 1. The number of rotatable bonds is 2. The van der Waals surface area contributed by atoms with Gasteiger partial charge < -0.3 is 9.73 Å². The lowest BCUT2D eigenvalue weighted by atomic mass is 10.1. The first kappa shape index (κ1) is 14.9. The lowest BCUT2D eigenvalue weighted by Gasteiger charge is -2.08. The molecule has 2 aromatic carbocycles. The van der Waals surface area contributed by atoms with Gasteiger partial charge >= 0.3 is 0 Å². The number of aromatic nitrogens is 2. The summed E-state index contributed by atoms with van der Waals surface area (Å²) >= 11 is 12.4. The zero-order chi connectivity index (χ0) is 17.0. The summed E-state index contributed by atoms with van der Waals surface area (Å²) in [4.78, 5) is 0. The average molecular weight is 370 g/mol. The molecule has 0 atom stereocenters. The largest absolute Gasteiger partial charge is 0.454 e. The second-order valence-electron chi connectivity index (χ2n) is 6.01. The Morgan fingerprint density at radius 2 is 1.96 bits per heavy atom. The predicted octanol–water partition coefficient (Wildman–Crippen LogP) is 5.56. The van der Waals surface area contributed by atoms with Gasteiger partial charge in [0.05, 0.1) is 10.7 Å². The van der Waals surface area contributed by atoms with E-state index in [1.807, 2.05) is 47.1 Å². The molecule has 4 aromatic rings. The second-order valence-corrected chi connectivity index (χ2v) is 6.85. The summed E-state index contributed by atoms with van der Waals surface area (Å²) < 4.78 is 7.86. The zero-order valence-corrected chi connectivity index (χ0v) is 14.6. The van der Waals surface area contributed by atoms with Crippen LogP contribution in [0.5, 0.6) is 0 Å². The van der Waals surface area contributed by atoms with Crippen molar-refractivity contribution in [2.24, 2.45) is 0 Å². The van der Waals surface area contributed by atoms with Crippen LogP contribution in [0.15, 0.2) is 52.9 Å². The molecule has 0 unspecified atom stereocenters. The summed E-state index contributed by atoms with van der Waals surface area (Å²) in [6, 6.07) is 15.4. The molecule has 0 aliphatic carbocycles. The van der Waals surface area contributed by atoms with E-state index in [0.717, 1.165) is 52.5 Å². The maximum Gasteiger partial charge on any atom is 0.156 e. The number of benzene rings is 2. The van der Waals surface area contributed by atoms with Crippen LogP contribution in [0.4, 0.5) is 5.82 Å². The Labute approximate surface area is 154 Å². The van der Waals surface area contributed by atoms with E-state index >= 15 is 0 Å². The minimum absolute atomic E-state index is 0.558. The molecule has 0 spiro atoms. The maximum atomic E-state index is 6.39. The Hall–Kier alpha value is -2.43. The summed E-state index contributed by atoms with van der Waals surface area (Å²) in [6.45, 7) is 0.867. The number of anilines is 1. The third-order valence-electron chi connectivity index (χ3n) is 4.45. The molecule has 124 valence electrons. The van der Waals surface area contributed by atoms with Gasteiger partial charge in [0, 0.05) is 22.5 Å². The molecule has 1 aliphatic heterocycles. The van der Waals surface area contributed by atoms with E-state index in [9.17, 15) is 0 Å². The van der Waals surface area contributed by atoms with E-state index in [1.54, 1.807) is 6.07 Å². The number of hydrogen-bond donors (Lipinski definition) is 1. The van der Waals surface area contributed by atoms with Gasteiger partial charge in [-0.15, -0.1) is 0 Å². The number of fused-ring (bicyclic) bond motifs is 2. The molecule has 0 radical (unpaired) electrons. The SMILES string of the molecule is Clc1ccc(-n2nc(-c3cc4ccccc4o3)c3c2NCC3)c(Cl)c1. The molecule has 3 heterocycles. The zero-order valence-electron chi connectivity index (χ0n) is 13.1. The Kier molecular flexibility index (Phi) is 3.30. The monoisotopic (exact) mass is 369 g/mol. The third-order valence-corrected chi connectivity index (χ3v) is 4.99. The standard InChI is InChI=1S/C19H13Cl2N3O/c20-12-5-6-15(14(21)10-12)24-19-13(7-8-22-19)18(23-24)17-9-11-3-1-2-4-16(11)25-17/h1-6,9-10,22H,7-8H2. The highest BCUT2D eigenvalue weighted by molar-refractivity contribution is 6.35. The summed E-state index contributed by atoms with van der Waals surface area (Å²) in [6.07, 6.45) is 0.896. The van der Waals surface area contributed by atoms with Crippen LogP contribution in [-0.2, 0) is 6.42 Å². The molecule has 0 bridgehead atoms. The number of para-hydroxylation sites is 1. The highest BCUT2D eigenvalue weighted by atomic mass is 35.5. The van der Waals surface area contributed by atoms with Crippen molar-refractivity contribution >= 4 is 40.0 Å². The summed E-state index contributed by atoms with van der Waals surface area (Å²) in [5, 5.41) is 10.4. The number of hydrogen-bond acceptors (Lipinski definition) is 3. The van der Waals surface area contributed by atoms with Gasteiger partial charge in [-0.05, 0) is 36.8 Å². The summed E-state index contributed by atoms with van der Waals surface area (Å²) in [5.41, 5.74) is 3.64. The Morgan fingerprint density at radius 1 is 1.08 bits per heavy atom. The van der Waals surface area contributed by atoms with E-state index in [4.69, 9.17) is 32.7 Å². The molecule has 25 heavy (non-hydrogen) atoms. The lowest BCUT2D eigenvalue weighted by Crippen LogP contribution is -2.04. The van der Waals surface area contributed by atoms with Crippen LogP contribution in [0.3, 0.4) is 0 Å². The normalized spacial score (nSPS) is 13.2. The van der Waals surface area contributed by atoms with E-state index in [1.165, 1.54) is 0 Å².